The number of aromatic nitrogens is 1. The topological polar surface area (TPSA) is 65.8 Å². The van der Waals surface area contributed by atoms with Crippen LogP contribution in [0.25, 0.3) is 0 Å². The van der Waals surface area contributed by atoms with Crippen LogP contribution in [0, 0.1) is 11.3 Å². The predicted molar refractivity (Wildman–Crippen MR) is 82.0 cm³/mol. The second kappa shape index (κ2) is 6.69. The van der Waals surface area contributed by atoms with E-state index in [-0.39, 0.29) is 11.4 Å². The van der Waals surface area contributed by atoms with Crippen molar-refractivity contribution in [2.75, 3.05) is 5.32 Å². The van der Waals surface area contributed by atoms with Gasteiger partial charge in [0.05, 0.1) is 0 Å². The molecule has 0 saturated carbocycles. The van der Waals surface area contributed by atoms with Crippen LogP contribution in [0.15, 0.2) is 59.9 Å². The van der Waals surface area contributed by atoms with Gasteiger partial charge >= 0.3 is 0 Å². The summed E-state index contributed by atoms with van der Waals surface area (Å²) in [7, 11) is 0. The van der Waals surface area contributed by atoms with Gasteiger partial charge in [0.2, 0.25) is 5.78 Å². The molecule has 104 valence electrons. The summed E-state index contributed by atoms with van der Waals surface area (Å²) in [6, 6.07) is 13.7. The standard InChI is InChI=1S/C16H12ClN3O/c1-11(20-15-4-2-3-9-19-15)14(10-18)16(21)12-5-7-13(17)8-6-12/h2-9H,1H3,(H,19,20)/b14-11+. The molecule has 1 aromatic heterocycles. The average Bonchev–Trinajstić information content (AvgIpc) is 2.49. The summed E-state index contributed by atoms with van der Waals surface area (Å²) in [5.41, 5.74) is 0.914. The summed E-state index contributed by atoms with van der Waals surface area (Å²) < 4.78 is 0. The number of ketones is 1. The van der Waals surface area contributed by atoms with Crippen LogP contribution in [0.1, 0.15) is 17.3 Å². The van der Waals surface area contributed by atoms with E-state index < -0.39 is 0 Å². The third kappa shape index (κ3) is 3.68. The van der Waals surface area contributed by atoms with Gasteiger partial charge in [0.25, 0.3) is 0 Å². The van der Waals surface area contributed by atoms with Crippen molar-refractivity contribution in [3.63, 3.8) is 0 Å². The number of pyridine rings is 1. The molecule has 0 aliphatic rings. The summed E-state index contributed by atoms with van der Waals surface area (Å²) >= 11 is 5.79. The first kappa shape index (κ1) is 14.8. The molecule has 0 atom stereocenters. The maximum absolute atomic E-state index is 12.3. The molecule has 0 bridgehead atoms. The zero-order chi connectivity index (χ0) is 15.2. The highest BCUT2D eigenvalue weighted by atomic mass is 35.5. The number of nitrogens with one attached hydrogen (secondary N) is 1. The second-order valence-corrected chi connectivity index (χ2v) is 4.72. The summed E-state index contributed by atoms with van der Waals surface area (Å²) in [4.78, 5) is 16.4. The lowest BCUT2D eigenvalue weighted by Crippen LogP contribution is -2.09. The predicted octanol–water partition coefficient (Wildman–Crippen LogP) is 3.83. The molecular formula is C16H12ClN3O. The Balaban J connectivity index is 2.29. The number of hydrogen-bond acceptors (Lipinski definition) is 4. The van der Waals surface area contributed by atoms with E-state index in [0.29, 0.717) is 22.1 Å². The van der Waals surface area contributed by atoms with E-state index in [0.717, 1.165) is 0 Å². The first-order valence-corrected chi connectivity index (χ1v) is 6.59. The number of benzene rings is 1. The van der Waals surface area contributed by atoms with Gasteiger partial charge in [0, 0.05) is 22.5 Å². The van der Waals surface area contributed by atoms with E-state index in [1.54, 1.807) is 49.5 Å². The Labute approximate surface area is 127 Å². The molecule has 2 rings (SSSR count). The molecule has 0 amide bonds. The Hall–Kier alpha value is -2.64. The van der Waals surface area contributed by atoms with Crippen LogP contribution in [-0.4, -0.2) is 10.8 Å². The van der Waals surface area contributed by atoms with Crippen molar-refractivity contribution in [2.45, 2.75) is 6.92 Å². The lowest BCUT2D eigenvalue weighted by atomic mass is 10.0. The number of anilines is 1. The fourth-order valence-electron chi connectivity index (χ4n) is 1.74. The summed E-state index contributed by atoms with van der Waals surface area (Å²) in [6.45, 7) is 1.67. The van der Waals surface area contributed by atoms with Gasteiger partial charge in [-0.15, -0.1) is 0 Å². The Morgan fingerprint density at radius 1 is 1.24 bits per heavy atom. The van der Waals surface area contributed by atoms with Crippen LogP contribution in [-0.2, 0) is 0 Å². The van der Waals surface area contributed by atoms with Crippen LogP contribution in [0.5, 0.6) is 0 Å². The molecule has 0 aliphatic heterocycles. The fourth-order valence-corrected chi connectivity index (χ4v) is 1.87. The lowest BCUT2D eigenvalue weighted by molar-refractivity contribution is 0.103. The van der Waals surface area contributed by atoms with Crippen LogP contribution >= 0.6 is 11.6 Å². The van der Waals surface area contributed by atoms with Crippen LogP contribution < -0.4 is 5.32 Å². The lowest BCUT2D eigenvalue weighted by Gasteiger charge is -2.08. The summed E-state index contributed by atoms with van der Waals surface area (Å²) in [6.07, 6.45) is 1.63. The molecule has 0 spiro atoms. The van der Waals surface area contributed by atoms with Crippen molar-refractivity contribution in [3.05, 3.63) is 70.5 Å². The van der Waals surface area contributed by atoms with E-state index in [9.17, 15) is 10.1 Å². The first-order chi connectivity index (χ1) is 10.1. The molecule has 21 heavy (non-hydrogen) atoms. The Bertz CT molecular complexity index is 715. The van der Waals surface area contributed by atoms with Gasteiger partial charge < -0.3 is 5.32 Å². The van der Waals surface area contributed by atoms with Crippen molar-refractivity contribution < 1.29 is 4.79 Å². The minimum absolute atomic E-state index is 0.0444. The largest absolute Gasteiger partial charge is 0.343 e. The average molecular weight is 298 g/mol. The van der Waals surface area contributed by atoms with Gasteiger partial charge in [-0.1, -0.05) is 17.7 Å². The molecule has 0 fully saturated rings. The van der Waals surface area contributed by atoms with Crippen LogP contribution in [0.2, 0.25) is 5.02 Å². The van der Waals surface area contributed by atoms with Gasteiger partial charge in [0.1, 0.15) is 17.5 Å². The molecule has 4 nitrogen and oxygen atoms in total. The molecule has 1 aromatic carbocycles. The molecule has 1 N–H and O–H groups in total. The molecule has 0 aliphatic carbocycles. The highest BCUT2D eigenvalue weighted by Gasteiger charge is 2.15. The summed E-state index contributed by atoms with van der Waals surface area (Å²) in [5, 5.41) is 12.7. The third-order valence-electron chi connectivity index (χ3n) is 2.80. The van der Waals surface area contributed by atoms with Crippen molar-refractivity contribution in [2.24, 2.45) is 0 Å². The number of hydrogen-bond donors (Lipinski definition) is 1. The quantitative estimate of drug-likeness (QED) is 0.529. The molecule has 0 radical (unpaired) electrons. The Kier molecular flexibility index (Phi) is 4.70. The van der Waals surface area contributed by atoms with E-state index in [4.69, 9.17) is 11.6 Å². The Morgan fingerprint density at radius 2 is 1.95 bits per heavy atom. The highest BCUT2D eigenvalue weighted by Crippen LogP contribution is 2.16. The van der Waals surface area contributed by atoms with E-state index in [2.05, 4.69) is 10.3 Å². The zero-order valence-corrected chi connectivity index (χ0v) is 12.1. The number of rotatable bonds is 4. The minimum atomic E-state index is -0.352. The van der Waals surface area contributed by atoms with Gasteiger partial charge in [-0.3, -0.25) is 4.79 Å². The molecule has 0 saturated heterocycles. The number of Topliss-reactive ketones (excluding diaryl/α,β-unsaturated/α-hetero) is 1. The highest BCUT2D eigenvalue weighted by molar-refractivity contribution is 6.30. The number of carbonyl (C=O) groups is 1. The zero-order valence-electron chi connectivity index (χ0n) is 11.3. The molecular weight excluding hydrogens is 286 g/mol. The number of allylic oxidation sites excluding steroid dienone is 2. The maximum Gasteiger partial charge on any atom is 0.205 e. The molecule has 1 heterocycles. The fraction of sp³-hybridized carbons (Fsp3) is 0.0625. The minimum Gasteiger partial charge on any atom is -0.343 e. The van der Waals surface area contributed by atoms with E-state index in [1.165, 1.54) is 0 Å². The number of halogens is 1. The van der Waals surface area contributed by atoms with Crippen molar-refractivity contribution in [3.8, 4) is 6.07 Å². The van der Waals surface area contributed by atoms with E-state index >= 15 is 0 Å². The van der Waals surface area contributed by atoms with Crippen molar-refractivity contribution in [1.82, 2.24) is 4.98 Å². The molecule has 0 unspecified atom stereocenters. The second-order valence-electron chi connectivity index (χ2n) is 4.29. The summed E-state index contributed by atoms with van der Waals surface area (Å²) in [5.74, 6) is 0.224. The third-order valence-corrected chi connectivity index (χ3v) is 3.05. The van der Waals surface area contributed by atoms with Crippen molar-refractivity contribution in [1.29, 1.82) is 5.26 Å². The van der Waals surface area contributed by atoms with Gasteiger partial charge in [-0.05, 0) is 43.3 Å². The SMILES string of the molecule is C/C(Nc1ccccn1)=C(/C#N)C(=O)c1ccc(Cl)cc1. The van der Waals surface area contributed by atoms with Gasteiger partial charge in [-0.25, -0.2) is 4.98 Å². The smallest absolute Gasteiger partial charge is 0.205 e. The number of nitriles is 1. The van der Waals surface area contributed by atoms with Crippen molar-refractivity contribution >= 4 is 23.2 Å². The normalized spacial score (nSPS) is 11.3. The molecule has 2 aromatic rings. The maximum atomic E-state index is 12.3. The first-order valence-electron chi connectivity index (χ1n) is 6.21. The van der Waals surface area contributed by atoms with Gasteiger partial charge in [0.15, 0.2) is 0 Å². The van der Waals surface area contributed by atoms with Crippen LogP contribution in [0.4, 0.5) is 5.82 Å². The number of carbonyl (C=O) groups excluding carboxylic acids is 1. The van der Waals surface area contributed by atoms with Crippen LogP contribution in [0.3, 0.4) is 0 Å². The Morgan fingerprint density at radius 3 is 2.52 bits per heavy atom. The monoisotopic (exact) mass is 297 g/mol. The van der Waals surface area contributed by atoms with E-state index in [1.807, 2.05) is 12.1 Å². The van der Waals surface area contributed by atoms with Gasteiger partial charge in [-0.2, -0.15) is 5.26 Å². The molecule has 5 heteroatoms. The number of nitrogens with zero attached hydrogens (tertiary/aromatic N) is 2.